The molecule has 0 saturated carbocycles. The average Bonchev–Trinajstić information content (AvgIpc) is 2.83. The van der Waals surface area contributed by atoms with Crippen molar-refractivity contribution in [3.8, 4) is 11.4 Å². The van der Waals surface area contributed by atoms with Crippen LogP contribution < -0.4 is 5.56 Å². The van der Waals surface area contributed by atoms with Gasteiger partial charge >= 0.3 is 0 Å². The van der Waals surface area contributed by atoms with Crippen molar-refractivity contribution in [3.05, 3.63) is 83.3 Å². The molecule has 0 aliphatic heterocycles. The van der Waals surface area contributed by atoms with Crippen molar-refractivity contribution in [1.82, 2.24) is 9.36 Å². The number of aromatic nitrogens is 2. The van der Waals surface area contributed by atoms with Crippen molar-refractivity contribution in [2.75, 3.05) is 0 Å². The highest BCUT2D eigenvalue weighted by atomic mass is 16.1. The number of rotatable bonds is 2. The normalized spacial score (nSPS) is 10.4. The Balaban J connectivity index is 2.23. The highest BCUT2D eigenvalue weighted by Crippen LogP contribution is 2.10. The van der Waals surface area contributed by atoms with Gasteiger partial charge in [-0.15, -0.1) is 0 Å². The first-order chi connectivity index (χ1) is 8.86. The van der Waals surface area contributed by atoms with Crippen LogP contribution in [-0.2, 0) is 0 Å². The van der Waals surface area contributed by atoms with Crippen LogP contribution >= 0.6 is 0 Å². The molecule has 0 atom stereocenters. The maximum absolute atomic E-state index is 12.0. The van der Waals surface area contributed by atoms with E-state index in [0.29, 0.717) is 0 Å². The first-order valence-electron chi connectivity index (χ1n) is 5.78. The lowest BCUT2D eigenvalue weighted by molar-refractivity contribution is 0.724. The summed E-state index contributed by atoms with van der Waals surface area (Å²) in [7, 11) is 0. The number of benzene rings is 2. The fourth-order valence-corrected chi connectivity index (χ4v) is 1.98. The van der Waals surface area contributed by atoms with Gasteiger partial charge in [-0.3, -0.25) is 9.48 Å². The molecule has 0 bridgehead atoms. The molecule has 0 aliphatic rings. The van der Waals surface area contributed by atoms with E-state index in [-0.39, 0.29) is 5.56 Å². The minimum atomic E-state index is -0.0370. The van der Waals surface area contributed by atoms with Crippen LogP contribution in [0.1, 0.15) is 0 Å². The Hall–Kier alpha value is -2.55. The SMILES string of the molecule is O=c1ccn(-c2ccccc2)n1-c1ccccc1. The van der Waals surface area contributed by atoms with Crippen molar-refractivity contribution in [3.63, 3.8) is 0 Å². The Morgan fingerprint density at radius 3 is 1.83 bits per heavy atom. The van der Waals surface area contributed by atoms with Crippen LogP contribution in [0, 0.1) is 0 Å². The first kappa shape index (κ1) is 10.6. The van der Waals surface area contributed by atoms with Gasteiger partial charge in [-0.2, -0.15) is 0 Å². The number of para-hydroxylation sites is 2. The molecular weight excluding hydrogens is 224 g/mol. The zero-order valence-electron chi connectivity index (χ0n) is 9.73. The second-order valence-corrected chi connectivity index (χ2v) is 3.98. The lowest BCUT2D eigenvalue weighted by Crippen LogP contribution is -2.19. The number of hydrogen-bond donors (Lipinski definition) is 0. The summed E-state index contributed by atoms with van der Waals surface area (Å²) in [5, 5.41) is 0. The fraction of sp³-hybridized carbons (Fsp3) is 0. The van der Waals surface area contributed by atoms with Crippen LogP contribution in [0.3, 0.4) is 0 Å². The molecular formula is C15H12N2O. The van der Waals surface area contributed by atoms with Crippen LogP contribution in [0.5, 0.6) is 0 Å². The topological polar surface area (TPSA) is 26.9 Å². The standard InChI is InChI=1S/C15H12N2O/c18-15-11-12-16(13-7-3-1-4-8-13)17(15)14-9-5-2-6-10-14/h1-12H. The van der Waals surface area contributed by atoms with Gasteiger partial charge in [0.05, 0.1) is 11.4 Å². The highest BCUT2D eigenvalue weighted by Gasteiger charge is 2.06. The van der Waals surface area contributed by atoms with Gasteiger partial charge in [0.15, 0.2) is 0 Å². The fourth-order valence-electron chi connectivity index (χ4n) is 1.98. The molecule has 0 radical (unpaired) electrons. The van der Waals surface area contributed by atoms with Crippen molar-refractivity contribution in [2.24, 2.45) is 0 Å². The van der Waals surface area contributed by atoms with Crippen LogP contribution in [0.4, 0.5) is 0 Å². The monoisotopic (exact) mass is 236 g/mol. The molecule has 0 unspecified atom stereocenters. The lowest BCUT2D eigenvalue weighted by atomic mass is 10.3. The molecule has 88 valence electrons. The van der Waals surface area contributed by atoms with Gasteiger partial charge in [0.2, 0.25) is 0 Å². The molecule has 1 heterocycles. The Morgan fingerprint density at radius 2 is 1.22 bits per heavy atom. The van der Waals surface area contributed by atoms with E-state index in [2.05, 4.69) is 0 Å². The minimum absolute atomic E-state index is 0.0370. The van der Waals surface area contributed by atoms with Crippen molar-refractivity contribution in [2.45, 2.75) is 0 Å². The summed E-state index contributed by atoms with van der Waals surface area (Å²) in [6.07, 6.45) is 1.78. The van der Waals surface area contributed by atoms with Gasteiger partial charge in [0.1, 0.15) is 0 Å². The van der Waals surface area contributed by atoms with E-state index >= 15 is 0 Å². The lowest BCUT2D eigenvalue weighted by Gasteiger charge is -2.11. The molecule has 0 amide bonds. The van der Waals surface area contributed by atoms with Crippen LogP contribution in [0.15, 0.2) is 77.7 Å². The predicted molar refractivity (Wildman–Crippen MR) is 71.4 cm³/mol. The van der Waals surface area contributed by atoms with Crippen molar-refractivity contribution < 1.29 is 0 Å². The Labute approximate surface area is 105 Å². The molecule has 0 fully saturated rings. The molecule has 3 nitrogen and oxygen atoms in total. The second-order valence-electron chi connectivity index (χ2n) is 3.98. The van der Waals surface area contributed by atoms with Gasteiger partial charge in [-0.1, -0.05) is 36.4 Å². The van der Waals surface area contributed by atoms with Crippen LogP contribution in [-0.4, -0.2) is 9.36 Å². The summed E-state index contributed by atoms with van der Waals surface area (Å²) < 4.78 is 3.49. The second kappa shape index (κ2) is 4.37. The molecule has 3 rings (SSSR count). The summed E-state index contributed by atoms with van der Waals surface area (Å²) in [5.41, 5.74) is 1.78. The smallest absolute Gasteiger partial charge is 0.267 e. The Bertz CT molecular complexity index is 696. The van der Waals surface area contributed by atoms with E-state index in [0.717, 1.165) is 11.4 Å². The van der Waals surface area contributed by atoms with Gasteiger partial charge in [-0.25, -0.2) is 4.68 Å². The molecule has 0 aliphatic carbocycles. The van der Waals surface area contributed by atoms with E-state index in [9.17, 15) is 4.79 Å². The molecule has 0 N–H and O–H groups in total. The third-order valence-electron chi connectivity index (χ3n) is 2.80. The number of hydrogen-bond acceptors (Lipinski definition) is 1. The summed E-state index contributed by atoms with van der Waals surface area (Å²) in [6.45, 7) is 0. The summed E-state index contributed by atoms with van der Waals surface area (Å²) in [6, 6.07) is 21.0. The Kier molecular flexibility index (Phi) is 2.57. The molecule has 2 aromatic carbocycles. The molecule has 1 aromatic heterocycles. The van der Waals surface area contributed by atoms with Gasteiger partial charge in [0.25, 0.3) is 5.56 Å². The van der Waals surface area contributed by atoms with Crippen LogP contribution in [0.25, 0.3) is 11.4 Å². The maximum atomic E-state index is 12.0. The molecule has 0 spiro atoms. The number of nitrogens with zero attached hydrogens (tertiary/aromatic N) is 2. The third-order valence-corrected chi connectivity index (χ3v) is 2.80. The van der Waals surface area contributed by atoms with Crippen molar-refractivity contribution >= 4 is 0 Å². The van der Waals surface area contributed by atoms with E-state index in [1.54, 1.807) is 16.9 Å². The largest absolute Gasteiger partial charge is 0.271 e. The average molecular weight is 236 g/mol. The minimum Gasteiger partial charge on any atom is -0.267 e. The van der Waals surface area contributed by atoms with E-state index < -0.39 is 0 Å². The van der Waals surface area contributed by atoms with Gasteiger partial charge in [0, 0.05) is 12.3 Å². The quantitative estimate of drug-likeness (QED) is 0.672. The third kappa shape index (κ3) is 1.76. The zero-order valence-corrected chi connectivity index (χ0v) is 9.73. The first-order valence-corrected chi connectivity index (χ1v) is 5.78. The highest BCUT2D eigenvalue weighted by molar-refractivity contribution is 5.36. The molecule has 18 heavy (non-hydrogen) atoms. The molecule has 3 aromatic rings. The summed E-state index contributed by atoms with van der Waals surface area (Å²) >= 11 is 0. The molecule has 0 saturated heterocycles. The van der Waals surface area contributed by atoms with Crippen molar-refractivity contribution in [1.29, 1.82) is 0 Å². The van der Waals surface area contributed by atoms with E-state index in [4.69, 9.17) is 0 Å². The van der Waals surface area contributed by atoms with Gasteiger partial charge in [-0.05, 0) is 24.3 Å². The zero-order chi connectivity index (χ0) is 12.4. The van der Waals surface area contributed by atoms with E-state index in [1.807, 2.05) is 65.3 Å². The maximum Gasteiger partial charge on any atom is 0.271 e. The summed E-state index contributed by atoms with van der Waals surface area (Å²) in [4.78, 5) is 12.0. The van der Waals surface area contributed by atoms with Gasteiger partial charge < -0.3 is 0 Å². The summed E-state index contributed by atoms with van der Waals surface area (Å²) in [5.74, 6) is 0. The molecule has 3 heteroatoms. The van der Waals surface area contributed by atoms with E-state index in [1.165, 1.54) is 0 Å². The predicted octanol–water partition coefficient (Wildman–Crippen LogP) is 2.63. The Morgan fingerprint density at radius 1 is 0.667 bits per heavy atom. The van der Waals surface area contributed by atoms with Crippen LogP contribution in [0.2, 0.25) is 0 Å².